The van der Waals surface area contributed by atoms with Crippen molar-refractivity contribution < 1.29 is 17.5 Å². The monoisotopic (exact) mass is 598 g/mol. The smallest absolute Gasteiger partial charge is 0.261 e. The van der Waals surface area contributed by atoms with Gasteiger partial charge in [-0.15, -0.1) is 0 Å². The molecule has 0 N–H and O–H groups in total. The van der Waals surface area contributed by atoms with Crippen molar-refractivity contribution >= 4 is 27.1 Å². The van der Waals surface area contributed by atoms with Crippen LogP contribution in [0.1, 0.15) is 36.8 Å². The summed E-state index contributed by atoms with van der Waals surface area (Å²) in [6.45, 7) is 3.23. The number of aryl methyl sites for hydroxylation is 2. The molecule has 0 saturated carbocycles. The fourth-order valence-corrected chi connectivity index (χ4v) is 7.09. The maximum Gasteiger partial charge on any atom is 0.261 e. The number of halogens is 2. The van der Waals surface area contributed by atoms with E-state index in [0.717, 1.165) is 43.8 Å². The van der Waals surface area contributed by atoms with E-state index in [1.807, 2.05) is 6.07 Å². The standard InChI is InChI=1S/C30H32ClFN4O4S/c1-40-29-21(11-15-41(38,39)27-9-8-25(32)17-26(27)31)16-24(19-34-29)23-7-10-28-33-18-22(30(37)36(28)20-23)6-5-14-35-12-3-2-4-13-35/h7-10,16-20H,2-6,11-15H2,1H3. The largest absolute Gasteiger partial charge is 0.481 e. The summed E-state index contributed by atoms with van der Waals surface area (Å²) in [5, 5.41) is -0.162. The molecule has 1 aliphatic heterocycles. The highest BCUT2D eigenvalue weighted by molar-refractivity contribution is 7.91. The predicted molar refractivity (Wildman–Crippen MR) is 157 cm³/mol. The second-order valence-electron chi connectivity index (χ2n) is 10.3. The van der Waals surface area contributed by atoms with Crippen molar-refractivity contribution in [3.8, 4) is 17.0 Å². The Morgan fingerprint density at radius 1 is 0.976 bits per heavy atom. The third-order valence-electron chi connectivity index (χ3n) is 7.46. The third kappa shape index (κ3) is 6.77. The number of likely N-dealkylation sites (tertiary alicyclic amines) is 1. The molecular weight excluding hydrogens is 567 g/mol. The van der Waals surface area contributed by atoms with Crippen LogP contribution >= 0.6 is 11.6 Å². The highest BCUT2D eigenvalue weighted by atomic mass is 35.5. The van der Waals surface area contributed by atoms with Gasteiger partial charge in [-0.1, -0.05) is 18.0 Å². The Morgan fingerprint density at radius 2 is 1.78 bits per heavy atom. The van der Waals surface area contributed by atoms with Crippen molar-refractivity contribution in [1.29, 1.82) is 0 Å². The zero-order chi connectivity index (χ0) is 29.0. The molecule has 0 amide bonds. The number of sulfone groups is 1. The average molecular weight is 599 g/mol. The van der Waals surface area contributed by atoms with Gasteiger partial charge in [-0.2, -0.15) is 0 Å². The number of benzene rings is 1. The molecule has 11 heteroatoms. The fraction of sp³-hybridized carbons (Fsp3) is 0.367. The molecule has 0 spiro atoms. The van der Waals surface area contributed by atoms with E-state index in [9.17, 15) is 17.6 Å². The molecule has 0 bridgehead atoms. The molecule has 5 rings (SSSR count). The van der Waals surface area contributed by atoms with Crippen LogP contribution in [-0.2, 0) is 22.7 Å². The first-order valence-corrected chi connectivity index (χ1v) is 15.7. The van der Waals surface area contributed by atoms with E-state index in [-0.39, 0.29) is 27.7 Å². The van der Waals surface area contributed by atoms with Gasteiger partial charge in [-0.3, -0.25) is 9.20 Å². The van der Waals surface area contributed by atoms with Gasteiger partial charge in [0.2, 0.25) is 5.88 Å². The first-order valence-electron chi connectivity index (χ1n) is 13.7. The summed E-state index contributed by atoms with van der Waals surface area (Å²) >= 11 is 6.00. The van der Waals surface area contributed by atoms with E-state index in [0.29, 0.717) is 34.6 Å². The second kappa shape index (κ2) is 12.7. The first kappa shape index (κ1) is 29.2. The summed E-state index contributed by atoms with van der Waals surface area (Å²) in [5.74, 6) is -0.589. The molecule has 4 aromatic rings. The Balaban J connectivity index is 1.37. The predicted octanol–water partition coefficient (Wildman–Crippen LogP) is 4.99. The molecule has 8 nitrogen and oxygen atoms in total. The second-order valence-corrected chi connectivity index (χ2v) is 12.8. The van der Waals surface area contributed by atoms with Gasteiger partial charge in [-0.05, 0) is 88.1 Å². The van der Waals surface area contributed by atoms with Crippen LogP contribution in [0, 0.1) is 5.82 Å². The lowest BCUT2D eigenvalue weighted by molar-refractivity contribution is 0.226. The number of pyridine rings is 2. The summed E-state index contributed by atoms with van der Waals surface area (Å²) in [6.07, 6.45) is 10.5. The van der Waals surface area contributed by atoms with Crippen molar-refractivity contribution in [2.75, 3.05) is 32.5 Å². The highest BCUT2D eigenvalue weighted by Crippen LogP contribution is 2.28. The van der Waals surface area contributed by atoms with Crippen molar-refractivity contribution in [3.05, 3.63) is 87.3 Å². The molecule has 0 atom stereocenters. The molecule has 1 fully saturated rings. The normalized spacial score (nSPS) is 14.4. The molecule has 1 aliphatic rings. The van der Waals surface area contributed by atoms with Crippen LogP contribution in [0.5, 0.6) is 5.88 Å². The Kier molecular flexibility index (Phi) is 9.01. The number of aromatic nitrogens is 3. The van der Waals surface area contributed by atoms with Crippen molar-refractivity contribution in [2.45, 2.75) is 43.4 Å². The minimum absolute atomic E-state index is 0.0936. The Labute approximate surface area is 243 Å². The summed E-state index contributed by atoms with van der Waals surface area (Å²) in [6, 6.07) is 8.64. The lowest BCUT2D eigenvalue weighted by atomic mass is 10.1. The molecule has 0 radical (unpaired) electrons. The van der Waals surface area contributed by atoms with Crippen LogP contribution in [0.2, 0.25) is 5.02 Å². The number of hydrogen-bond donors (Lipinski definition) is 0. The van der Waals surface area contributed by atoms with Gasteiger partial charge >= 0.3 is 0 Å². The number of fused-ring (bicyclic) bond motifs is 1. The fourth-order valence-electron chi connectivity index (χ4n) is 5.23. The number of methoxy groups -OCH3 is 1. The molecule has 1 saturated heterocycles. The number of ether oxygens (including phenoxy) is 1. The molecule has 41 heavy (non-hydrogen) atoms. The Morgan fingerprint density at radius 3 is 2.54 bits per heavy atom. The van der Waals surface area contributed by atoms with Gasteiger partial charge in [0.15, 0.2) is 9.84 Å². The maximum absolute atomic E-state index is 13.4. The summed E-state index contributed by atoms with van der Waals surface area (Å²) in [5.41, 5.74) is 3.12. The van der Waals surface area contributed by atoms with Crippen LogP contribution in [0.15, 0.2) is 64.7 Å². The minimum atomic E-state index is -3.80. The van der Waals surface area contributed by atoms with Gasteiger partial charge < -0.3 is 9.64 Å². The Hall–Kier alpha value is -3.34. The molecule has 4 heterocycles. The SMILES string of the molecule is COc1ncc(-c2ccc3ncc(CCCN4CCCCC4)c(=O)n3c2)cc1CCS(=O)(=O)c1ccc(F)cc1Cl. The lowest BCUT2D eigenvalue weighted by Gasteiger charge is -2.26. The quantitative estimate of drug-likeness (QED) is 0.237. The van der Waals surface area contributed by atoms with Gasteiger partial charge in [0.05, 0.1) is 22.8 Å². The number of rotatable bonds is 10. The van der Waals surface area contributed by atoms with E-state index in [1.54, 1.807) is 35.1 Å². The zero-order valence-corrected chi connectivity index (χ0v) is 24.4. The van der Waals surface area contributed by atoms with Crippen molar-refractivity contribution in [2.24, 2.45) is 0 Å². The molecular formula is C30H32ClFN4O4S. The van der Waals surface area contributed by atoms with Crippen LogP contribution in [-0.4, -0.2) is 60.2 Å². The highest BCUT2D eigenvalue weighted by Gasteiger charge is 2.20. The molecule has 0 unspecified atom stereocenters. The van der Waals surface area contributed by atoms with Crippen LogP contribution in [0.4, 0.5) is 4.39 Å². The van der Waals surface area contributed by atoms with E-state index in [2.05, 4.69) is 14.9 Å². The van der Waals surface area contributed by atoms with Crippen LogP contribution < -0.4 is 10.3 Å². The number of nitrogens with zero attached hydrogens (tertiary/aromatic N) is 4. The topological polar surface area (TPSA) is 93.9 Å². The first-order chi connectivity index (χ1) is 19.7. The maximum atomic E-state index is 13.4. The lowest BCUT2D eigenvalue weighted by Crippen LogP contribution is -2.31. The zero-order valence-electron chi connectivity index (χ0n) is 22.9. The van der Waals surface area contributed by atoms with E-state index >= 15 is 0 Å². The van der Waals surface area contributed by atoms with Crippen LogP contribution in [0.3, 0.4) is 0 Å². The van der Waals surface area contributed by atoms with Crippen molar-refractivity contribution in [1.82, 2.24) is 19.3 Å². The van der Waals surface area contributed by atoms with Crippen LogP contribution in [0.25, 0.3) is 16.8 Å². The molecule has 216 valence electrons. The third-order valence-corrected chi connectivity index (χ3v) is 9.66. The van der Waals surface area contributed by atoms with Crippen molar-refractivity contribution in [3.63, 3.8) is 0 Å². The van der Waals surface area contributed by atoms with E-state index in [4.69, 9.17) is 16.3 Å². The van der Waals surface area contributed by atoms with Gasteiger partial charge in [0, 0.05) is 40.8 Å². The van der Waals surface area contributed by atoms with Gasteiger partial charge in [-0.25, -0.2) is 22.8 Å². The van der Waals surface area contributed by atoms with E-state index in [1.165, 1.54) is 32.4 Å². The average Bonchev–Trinajstić information content (AvgIpc) is 2.97. The van der Waals surface area contributed by atoms with E-state index < -0.39 is 15.7 Å². The summed E-state index contributed by atoms with van der Waals surface area (Å²) < 4.78 is 46.3. The summed E-state index contributed by atoms with van der Waals surface area (Å²) in [7, 11) is -2.34. The number of hydrogen-bond acceptors (Lipinski definition) is 7. The number of piperidine rings is 1. The van der Waals surface area contributed by atoms with Gasteiger partial charge in [0.1, 0.15) is 11.5 Å². The molecule has 1 aromatic carbocycles. The molecule has 0 aliphatic carbocycles. The van der Waals surface area contributed by atoms with Gasteiger partial charge in [0.25, 0.3) is 5.56 Å². The summed E-state index contributed by atoms with van der Waals surface area (Å²) in [4.78, 5) is 24.5. The molecule has 3 aromatic heterocycles. The Bertz CT molecular complexity index is 1720. The minimum Gasteiger partial charge on any atom is -0.481 e.